The standard InChI is InChI=1S/C27H23Cl2N3O6S/c1-3-15-13-20(29)21(14-23(15)39(35,36)37)31-32-24-17-9-6-5-8-16(17)12-18(26(24)33)27(34)30-25-19(28)10-7-11-22(25)38-4-2/h5-14,33H,3-4H2,1-2H3,(H,30,34)(H,35,36,37). The van der Waals surface area contributed by atoms with Crippen molar-refractivity contribution in [3.8, 4) is 11.5 Å². The van der Waals surface area contributed by atoms with E-state index in [4.69, 9.17) is 27.9 Å². The second-order valence-electron chi connectivity index (χ2n) is 8.28. The molecule has 0 aliphatic rings. The number of phenols is 1. The summed E-state index contributed by atoms with van der Waals surface area (Å²) in [5.74, 6) is -0.794. The van der Waals surface area contributed by atoms with Crippen molar-refractivity contribution < 1.29 is 27.6 Å². The van der Waals surface area contributed by atoms with E-state index >= 15 is 0 Å². The van der Waals surface area contributed by atoms with Gasteiger partial charge in [0.05, 0.1) is 27.1 Å². The zero-order chi connectivity index (χ0) is 28.3. The monoisotopic (exact) mass is 587 g/mol. The highest BCUT2D eigenvalue weighted by Gasteiger charge is 2.22. The summed E-state index contributed by atoms with van der Waals surface area (Å²) in [6, 6.07) is 15.8. The topological polar surface area (TPSA) is 138 Å². The van der Waals surface area contributed by atoms with Gasteiger partial charge in [0.15, 0.2) is 5.75 Å². The predicted octanol–water partition coefficient (Wildman–Crippen LogP) is 7.73. The molecule has 0 unspecified atom stereocenters. The number of carbonyl (C=O) groups is 1. The van der Waals surface area contributed by atoms with E-state index < -0.39 is 21.8 Å². The average Bonchev–Trinajstić information content (AvgIpc) is 2.89. The maximum atomic E-state index is 13.3. The molecule has 0 saturated carbocycles. The van der Waals surface area contributed by atoms with Gasteiger partial charge in [0.2, 0.25) is 0 Å². The van der Waals surface area contributed by atoms with Gasteiger partial charge in [-0.15, -0.1) is 10.2 Å². The van der Waals surface area contributed by atoms with Gasteiger partial charge in [-0.2, -0.15) is 8.42 Å². The molecular weight excluding hydrogens is 565 g/mol. The van der Waals surface area contributed by atoms with E-state index in [1.54, 1.807) is 56.3 Å². The lowest BCUT2D eigenvalue weighted by Crippen LogP contribution is -2.14. The molecule has 0 aliphatic carbocycles. The first kappa shape index (κ1) is 28.3. The fourth-order valence-corrected chi connectivity index (χ4v) is 5.19. The number of fused-ring (bicyclic) bond motifs is 1. The smallest absolute Gasteiger partial charge is 0.294 e. The molecule has 3 N–H and O–H groups in total. The Bertz CT molecular complexity index is 1720. The summed E-state index contributed by atoms with van der Waals surface area (Å²) >= 11 is 12.6. The molecule has 0 aromatic heterocycles. The maximum absolute atomic E-state index is 13.3. The Labute approximate surface area is 234 Å². The quantitative estimate of drug-likeness (QED) is 0.142. The number of benzene rings is 4. The first-order valence-electron chi connectivity index (χ1n) is 11.7. The van der Waals surface area contributed by atoms with Gasteiger partial charge in [-0.05, 0) is 54.6 Å². The molecule has 0 spiro atoms. The van der Waals surface area contributed by atoms with Crippen LogP contribution in [0.4, 0.5) is 17.1 Å². The number of halogens is 2. The number of carbonyl (C=O) groups excluding carboxylic acids is 1. The summed E-state index contributed by atoms with van der Waals surface area (Å²) in [5, 5.41) is 23.4. The minimum absolute atomic E-state index is 0.0496. The van der Waals surface area contributed by atoms with Gasteiger partial charge in [0, 0.05) is 5.39 Å². The molecular formula is C27H23Cl2N3O6S. The summed E-state index contributed by atoms with van der Waals surface area (Å²) in [6.07, 6.45) is 0.297. The van der Waals surface area contributed by atoms with Crippen LogP contribution in [0.25, 0.3) is 10.8 Å². The lowest BCUT2D eigenvalue weighted by Gasteiger charge is -2.15. The number of hydrogen-bond donors (Lipinski definition) is 3. The number of phenolic OH excluding ortho intramolecular Hbond substituents is 1. The van der Waals surface area contributed by atoms with Crippen LogP contribution in [-0.2, 0) is 16.5 Å². The van der Waals surface area contributed by atoms with Crippen LogP contribution in [0.3, 0.4) is 0 Å². The lowest BCUT2D eigenvalue weighted by atomic mass is 10.0. The summed E-state index contributed by atoms with van der Waals surface area (Å²) in [7, 11) is -4.55. The van der Waals surface area contributed by atoms with Gasteiger partial charge in [0.1, 0.15) is 22.8 Å². The lowest BCUT2D eigenvalue weighted by molar-refractivity contribution is 0.102. The molecule has 202 valence electrons. The van der Waals surface area contributed by atoms with E-state index in [1.807, 2.05) is 0 Å². The number of aryl methyl sites for hydroxylation is 1. The molecule has 0 heterocycles. The highest BCUT2D eigenvalue weighted by Crippen LogP contribution is 2.41. The van der Waals surface area contributed by atoms with Crippen LogP contribution in [0.15, 0.2) is 75.8 Å². The number of nitrogens with zero attached hydrogens (tertiary/aromatic N) is 2. The van der Waals surface area contributed by atoms with Crippen LogP contribution in [0.1, 0.15) is 29.8 Å². The average molecular weight is 588 g/mol. The molecule has 0 saturated heterocycles. The van der Waals surface area contributed by atoms with Crippen molar-refractivity contribution in [3.05, 3.63) is 81.8 Å². The molecule has 0 bridgehead atoms. The fraction of sp³-hybridized carbons (Fsp3) is 0.148. The third-order valence-electron chi connectivity index (χ3n) is 5.80. The van der Waals surface area contributed by atoms with Gasteiger partial charge in [-0.1, -0.05) is 60.5 Å². The molecule has 9 nitrogen and oxygen atoms in total. The first-order valence-corrected chi connectivity index (χ1v) is 13.9. The molecule has 0 fully saturated rings. The van der Waals surface area contributed by atoms with Crippen LogP contribution in [0, 0.1) is 0 Å². The minimum atomic E-state index is -4.55. The Kier molecular flexibility index (Phi) is 8.41. The Morgan fingerprint density at radius 3 is 2.44 bits per heavy atom. The number of amides is 1. The van der Waals surface area contributed by atoms with E-state index in [1.165, 1.54) is 12.1 Å². The molecule has 0 atom stereocenters. The second kappa shape index (κ2) is 11.6. The molecule has 0 aliphatic heterocycles. The summed E-state index contributed by atoms with van der Waals surface area (Å²) in [6.45, 7) is 3.85. The number of rotatable bonds is 8. The summed E-state index contributed by atoms with van der Waals surface area (Å²) in [4.78, 5) is 13.0. The number of aromatic hydroxyl groups is 1. The van der Waals surface area contributed by atoms with Crippen molar-refractivity contribution in [2.75, 3.05) is 11.9 Å². The number of nitrogens with one attached hydrogen (secondary N) is 1. The van der Waals surface area contributed by atoms with Gasteiger partial charge >= 0.3 is 0 Å². The first-order chi connectivity index (χ1) is 18.5. The molecule has 4 rings (SSSR count). The predicted molar refractivity (Wildman–Crippen MR) is 151 cm³/mol. The van der Waals surface area contributed by atoms with Crippen molar-refractivity contribution >= 4 is 67.1 Å². The van der Waals surface area contributed by atoms with Crippen molar-refractivity contribution in [1.82, 2.24) is 0 Å². The third-order valence-corrected chi connectivity index (χ3v) is 7.35. The van der Waals surface area contributed by atoms with E-state index in [0.29, 0.717) is 35.1 Å². The van der Waals surface area contributed by atoms with Crippen molar-refractivity contribution in [3.63, 3.8) is 0 Å². The summed E-state index contributed by atoms with van der Waals surface area (Å²) < 4.78 is 38.9. The molecule has 4 aromatic rings. The third kappa shape index (κ3) is 5.99. The van der Waals surface area contributed by atoms with E-state index in [2.05, 4.69) is 15.5 Å². The second-order valence-corrected chi connectivity index (χ2v) is 10.5. The number of ether oxygens (including phenoxy) is 1. The molecule has 39 heavy (non-hydrogen) atoms. The van der Waals surface area contributed by atoms with E-state index in [0.717, 1.165) is 6.07 Å². The zero-order valence-corrected chi connectivity index (χ0v) is 23.1. The maximum Gasteiger partial charge on any atom is 0.294 e. The van der Waals surface area contributed by atoms with Crippen LogP contribution in [0.5, 0.6) is 11.5 Å². The molecule has 1 amide bonds. The van der Waals surface area contributed by atoms with Gasteiger partial charge in [-0.3, -0.25) is 9.35 Å². The van der Waals surface area contributed by atoms with Crippen molar-refractivity contribution in [2.45, 2.75) is 25.2 Å². The summed E-state index contributed by atoms with van der Waals surface area (Å²) in [5.41, 5.74) is 0.321. The normalized spacial score (nSPS) is 11.7. The van der Waals surface area contributed by atoms with Crippen molar-refractivity contribution in [1.29, 1.82) is 0 Å². The van der Waals surface area contributed by atoms with Gasteiger partial charge in [0.25, 0.3) is 16.0 Å². The van der Waals surface area contributed by atoms with Crippen LogP contribution in [-0.4, -0.2) is 30.6 Å². The molecule has 0 radical (unpaired) electrons. The number of anilines is 1. The van der Waals surface area contributed by atoms with Crippen molar-refractivity contribution in [2.24, 2.45) is 10.2 Å². The highest BCUT2D eigenvalue weighted by molar-refractivity contribution is 7.85. The Morgan fingerprint density at radius 1 is 1.00 bits per heavy atom. The largest absolute Gasteiger partial charge is 0.505 e. The number of azo groups is 1. The van der Waals surface area contributed by atoms with Gasteiger partial charge in [-0.25, -0.2) is 0 Å². The Balaban J connectivity index is 1.82. The highest BCUT2D eigenvalue weighted by atomic mass is 35.5. The number of para-hydroxylation sites is 1. The van der Waals surface area contributed by atoms with Crippen LogP contribution >= 0.6 is 23.2 Å². The molecule has 4 aromatic carbocycles. The van der Waals surface area contributed by atoms with E-state index in [-0.39, 0.29) is 37.6 Å². The SMILES string of the molecule is CCOc1cccc(Cl)c1NC(=O)c1cc2ccccc2c(N=Nc2cc(S(=O)(=O)O)c(CC)cc2Cl)c1O. The van der Waals surface area contributed by atoms with Crippen LogP contribution < -0.4 is 10.1 Å². The van der Waals surface area contributed by atoms with Crippen LogP contribution in [0.2, 0.25) is 10.0 Å². The van der Waals surface area contributed by atoms with Gasteiger partial charge < -0.3 is 15.2 Å². The molecule has 12 heteroatoms. The minimum Gasteiger partial charge on any atom is -0.505 e. The fourth-order valence-electron chi connectivity index (χ4n) is 3.95. The Hall–Kier alpha value is -3.70. The number of hydrogen-bond acceptors (Lipinski definition) is 7. The Morgan fingerprint density at radius 2 is 1.74 bits per heavy atom. The van der Waals surface area contributed by atoms with E-state index in [9.17, 15) is 22.9 Å². The zero-order valence-electron chi connectivity index (χ0n) is 20.8.